The van der Waals surface area contributed by atoms with Gasteiger partial charge in [-0.3, -0.25) is 0 Å². The van der Waals surface area contributed by atoms with Gasteiger partial charge in [0.15, 0.2) is 0 Å². The zero-order valence-electron chi connectivity index (χ0n) is 7.80. The van der Waals surface area contributed by atoms with Crippen molar-refractivity contribution in [2.24, 2.45) is 0 Å². The monoisotopic (exact) mass is 188 g/mol. The minimum atomic E-state index is -0.144. The molecule has 1 aromatic rings. The standard InChI is InChI=1S/C12H12O2/c1-2-5-11(6-3-1)7-4-8-12-13-9-10-14-12/h1-7,9-10,12H,8H2. The van der Waals surface area contributed by atoms with Crippen molar-refractivity contribution in [1.82, 2.24) is 0 Å². The first-order valence-corrected chi connectivity index (χ1v) is 4.63. The van der Waals surface area contributed by atoms with Crippen molar-refractivity contribution in [2.45, 2.75) is 12.7 Å². The molecule has 2 rings (SSSR count). The summed E-state index contributed by atoms with van der Waals surface area (Å²) in [7, 11) is 0. The summed E-state index contributed by atoms with van der Waals surface area (Å²) in [5.41, 5.74) is 1.19. The molecule has 1 aliphatic rings. The fourth-order valence-corrected chi connectivity index (χ4v) is 1.26. The summed E-state index contributed by atoms with van der Waals surface area (Å²) in [6, 6.07) is 10.2. The van der Waals surface area contributed by atoms with Gasteiger partial charge < -0.3 is 9.47 Å². The van der Waals surface area contributed by atoms with Crippen LogP contribution in [-0.4, -0.2) is 6.29 Å². The quantitative estimate of drug-likeness (QED) is 0.726. The molecule has 0 unspecified atom stereocenters. The van der Waals surface area contributed by atoms with Gasteiger partial charge in [-0.1, -0.05) is 42.5 Å². The first kappa shape index (κ1) is 8.88. The van der Waals surface area contributed by atoms with E-state index in [0.717, 1.165) is 6.42 Å². The summed E-state index contributed by atoms with van der Waals surface area (Å²) in [5.74, 6) is 0. The highest BCUT2D eigenvalue weighted by Crippen LogP contribution is 2.10. The zero-order chi connectivity index (χ0) is 9.64. The van der Waals surface area contributed by atoms with Crippen molar-refractivity contribution in [2.75, 3.05) is 0 Å². The third-order valence-electron chi connectivity index (χ3n) is 1.95. The van der Waals surface area contributed by atoms with Crippen LogP contribution in [0.2, 0.25) is 0 Å². The maximum absolute atomic E-state index is 5.14. The Labute approximate surface area is 83.5 Å². The molecule has 0 N–H and O–H groups in total. The largest absolute Gasteiger partial charge is 0.459 e. The van der Waals surface area contributed by atoms with Crippen molar-refractivity contribution in [1.29, 1.82) is 0 Å². The number of hydrogen-bond donors (Lipinski definition) is 0. The van der Waals surface area contributed by atoms with E-state index in [0.29, 0.717) is 0 Å². The number of hydrogen-bond acceptors (Lipinski definition) is 2. The second kappa shape index (κ2) is 4.51. The van der Waals surface area contributed by atoms with Crippen LogP contribution in [0.15, 0.2) is 48.9 Å². The van der Waals surface area contributed by atoms with Crippen LogP contribution in [0, 0.1) is 0 Å². The Morgan fingerprint density at radius 3 is 2.50 bits per heavy atom. The van der Waals surface area contributed by atoms with Crippen LogP contribution in [0.3, 0.4) is 0 Å². The predicted octanol–water partition coefficient (Wildman–Crippen LogP) is 2.93. The summed E-state index contributed by atoms with van der Waals surface area (Å²) in [6.07, 6.45) is 7.87. The summed E-state index contributed by atoms with van der Waals surface area (Å²) < 4.78 is 10.3. The minimum absolute atomic E-state index is 0.144. The molecule has 1 aliphatic heterocycles. The lowest BCUT2D eigenvalue weighted by molar-refractivity contribution is -0.0187. The lowest BCUT2D eigenvalue weighted by atomic mass is 10.2. The van der Waals surface area contributed by atoms with Crippen LogP contribution < -0.4 is 0 Å². The Balaban J connectivity index is 1.83. The topological polar surface area (TPSA) is 18.5 Å². The van der Waals surface area contributed by atoms with Crippen LogP contribution in [0.1, 0.15) is 12.0 Å². The van der Waals surface area contributed by atoms with E-state index < -0.39 is 0 Å². The highest BCUT2D eigenvalue weighted by atomic mass is 16.7. The van der Waals surface area contributed by atoms with Crippen molar-refractivity contribution in [3.63, 3.8) is 0 Å². The van der Waals surface area contributed by atoms with E-state index in [2.05, 4.69) is 18.2 Å². The summed E-state index contributed by atoms with van der Waals surface area (Å²) in [4.78, 5) is 0. The van der Waals surface area contributed by atoms with Crippen molar-refractivity contribution >= 4 is 6.08 Å². The maximum Gasteiger partial charge on any atom is 0.243 e. The van der Waals surface area contributed by atoms with Gasteiger partial charge in [-0.25, -0.2) is 0 Å². The van der Waals surface area contributed by atoms with Gasteiger partial charge in [-0.05, 0) is 5.56 Å². The van der Waals surface area contributed by atoms with Crippen LogP contribution in [0.5, 0.6) is 0 Å². The van der Waals surface area contributed by atoms with Crippen LogP contribution in [0.4, 0.5) is 0 Å². The molecular weight excluding hydrogens is 176 g/mol. The van der Waals surface area contributed by atoms with E-state index in [-0.39, 0.29) is 6.29 Å². The highest BCUT2D eigenvalue weighted by molar-refractivity contribution is 5.48. The summed E-state index contributed by atoms with van der Waals surface area (Å²) in [5, 5.41) is 0. The summed E-state index contributed by atoms with van der Waals surface area (Å²) in [6.45, 7) is 0. The SMILES string of the molecule is C(=Cc1ccccc1)CC1OC=CO1. The van der Waals surface area contributed by atoms with Crippen LogP contribution in [-0.2, 0) is 9.47 Å². The Bertz CT molecular complexity index is 319. The molecule has 0 radical (unpaired) electrons. The molecule has 0 bridgehead atoms. The van der Waals surface area contributed by atoms with E-state index >= 15 is 0 Å². The molecule has 72 valence electrons. The van der Waals surface area contributed by atoms with Crippen molar-refractivity contribution in [3.8, 4) is 0 Å². The fraction of sp³-hybridized carbons (Fsp3) is 0.167. The Kier molecular flexibility index (Phi) is 2.86. The fourth-order valence-electron chi connectivity index (χ4n) is 1.26. The zero-order valence-corrected chi connectivity index (χ0v) is 7.80. The van der Waals surface area contributed by atoms with Crippen LogP contribution in [0.25, 0.3) is 6.08 Å². The Hall–Kier alpha value is -1.70. The molecule has 0 spiro atoms. The third-order valence-corrected chi connectivity index (χ3v) is 1.95. The van der Waals surface area contributed by atoms with E-state index in [1.54, 1.807) is 12.5 Å². The van der Waals surface area contributed by atoms with Gasteiger partial charge in [0.25, 0.3) is 0 Å². The molecule has 2 heteroatoms. The number of ether oxygens (including phenoxy) is 2. The van der Waals surface area contributed by atoms with Gasteiger partial charge in [0.2, 0.25) is 6.29 Å². The van der Waals surface area contributed by atoms with E-state index in [4.69, 9.17) is 9.47 Å². The van der Waals surface area contributed by atoms with Gasteiger partial charge in [0.1, 0.15) is 12.5 Å². The first-order valence-electron chi connectivity index (χ1n) is 4.63. The molecular formula is C12H12O2. The molecule has 2 nitrogen and oxygen atoms in total. The molecule has 14 heavy (non-hydrogen) atoms. The van der Waals surface area contributed by atoms with Gasteiger partial charge in [-0.2, -0.15) is 0 Å². The lowest BCUT2D eigenvalue weighted by Gasteiger charge is -2.05. The number of benzene rings is 1. The van der Waals surface area contributed by atoms with Gasteiger partial charge in [0, 0.05) is 6.42 Å². The molecule has 0 aromatic heterocycles. The maximum atomic E-state index is 5.14. The Morgan fingerprint density at radius 2 is 1.79 bits per heavy atom. The van der Waals surface area contributed by atoms with Crippen molar-refractivity contribution < 1.29 is 9.47 Å². The average molecular weight is 188 g/mol. The average Bonchev–Trinajstić information content (AvgIpc) is 2.72. The normalized spacial score (nSPS) is 15.7. The van der Waals surface area contributed by atoms with Gasteiger partial charge >= 0.3 is 0 Å². The molecule has 0 saturated carbocycles. The molecule has 0 atom stereocenters. The molecule has 0 amide bonds. The molecule has 1 heterocycles. The molecule has 1 aromatic carbocycles. The second-order valence-electron chi connectivity index (χ2n) is 3.02. The predicted molar refractivity (Wildman–Crippen MR) is 55.2 cm³/mol. The smallest absolute Gasteiger partial charge is 0.243 e. The number of rotatable bonds is 3. The molecule has 0 aliphatic carbocycles. The van der Waals surface area contributed by atoms with E-state index in [1.807, 2.05) is 24.3 Å². The first-order chi connectivity index (χ1) is 6.95. The third kappa shape index (κ3) is 2.39. The van der Waals surface area contributed by atoms with Gasteiger partial charge in [-0.15, -0.1) is 0 Å². The lowest BCUT2D eigenvalue weighted by Crippen LogP contribution is -2.04. The highest BCUT2D eigenvalue weighted by Gasteiger charge is 2.08. The van der Waals surface area contributed by atoms with Crippen LogP contribution >= 0.6 is 0 Å². The van der Waals surface area contributed by atoms with Crippen molar-refractivity contribution in [3.05, 3.63) is 54.5 Å². The summed E-state index contributed by atoms with van der Waals surface area (Å²) >= 11 is 0. The second-order valence-corrected chi connectivity index (χ2v) is 3.02. The minimum Gasteiger partial charge on any atom is -0.459 e. The Morgan fingerprint density at radius 1 is 1.07 bits per heavy atom. The van der Waals surface area contributed by atoms with Gasteiger partial charge in [0.05, 0.1) is 0 Å². The molecule has 0 fully saturated rings. The molecule has 0 saturated heterocycles. The van der Waals surface area contributed by atoms with E-state index in [9.17, 15) is 0 Å². The van der Waals surface area contributed by atoms with E-state index in [1.165, 1.54) is 5.56 Å².